The van der Waals surface area contributed by atoms with Crippen molar-refractivity contribution in [3.05, 3.63) is 58.7 Å². The fraction of sp³-hybridized carbons (Fsp3) is 0.450. The first-order chi connectivity index (χ1) is 10.3. The Bertz CT molecular complexity index is 496. The highest BCUT2D eigenvalue weighted by molar-refractivity contribution is 5.81. The topological polar surface area (TPSA) is 37.3 Å². The van der Waals surface area contributed by atoms with Crippen LogP contribution in [0.2, 0.25) is 0 Å². The molecule has 0 saturated carbocycles. The van der Waals surface area contributed by atoms with Gasteiger partial charge in [-0.25, -0.2) is 4.79 Å². The van der Waals surface area contributed by atoms with Crippen LogP contribution in [0.15, 0.2) is 58.7 Å². The van der Waals surface area contributed by atoms with Crippen molar-refractivity contribution in [2.24, 2.45) is 0 Å². The molecule has 0 fully saturated rings. The van der Waals surface area contributed by atoms with Gasteiger partial charge in [0.15, 0.2) is 0 Å². The lowest BCUT2D eigenvalue weighted by molar-refractivity contribution is -0.131. The van der Waals surface area contributed by atoms with E-state index < -0.39 is 5.97 Å². The number of carboxylic acids is 1. The van der Waals surface area contributed by atoms with E-state index in [2.05, 4.69) is 39.8 Å². The van der Waals surface area contributed by atoms with Crippen LogP contribution in [-0.2, 0) is 4.79 Å². The first kappa shape index (κ1) is 20.2. The third-order valence-corrected chi connectivity index (χ3v) is 3.21. The third-order valence-electron chi connectivity index (χ3n) is 3.21. The van der Waals surface area contributed by atoms with Crippen molar-refractivity contribution < 1.29 is 9.90 Å². The standard InChI is InChI=1S/C20H30O2/c1-16(2)9-6-10-17(3)11-7-12-18(4)13-8-14-19(5)15-20(21)22/h8-9,11,13-15H,6-7,10,12H2,1-5H3,(H,21,22)/b14-8+,17-11+,18-13?,19-15+. The summed E-state index contributed by atoms with van der Waals surface area (Å²) in [4.78, 5) is 10.5. The molecule has 0 bridgehead atoms. The second-order valence-corrected chi connectivity index (χ2v) is 6.01. The fourth-order valence-corrected chi connectivity index (χ4v) is 1.93. The van der Waals surface area contributed by atoms with E-state index in [9.17, 15) is 4.79 Å². The van der Waals surface area contributed by atoms with Crippen molar-refractivity contribution in [1.29, 1.82) is 0 Å². The molecule has 2 nitrogen and oxygen atoms in total. The molecule has 0 aliphatic carbocycles. The van der Waals surface area contributed by atoms with Gasteiger partial charge in [0.25, 0.3) is 0 Å². The van der Waals surface area contributed by atoms with Crippen molar-refractivity contribution in [1.82, 2.24) is 0 Å². The van der Waals surface area contributed by atoms with Gasteiger partial charge in [-0.3, -0.25) is 0 Å². The molecule has 0 aliphatic heterocycles. The average Bonchev–Trinajstić information content (AvgIpc) is 2.37. The molecule has 122 valence electrons. The summed E-state index contributed by atoms with van der Waals surface area (Å²) in [7, 11) is 0. The third kappa shape index (κ3) is 13.2. The maximum Gasteiger partial charge on any atom is 0.328 e. The molecule has 0 unspecified atom stereocenters. The minimum Gasteiger partial charge on any atom is -0.478 e. The van der Waals surface area contributed by atoms with Gasteiger partial charge in [-0.15, -0.1) is 0 Å². The van der Waals surface area contributed by atoms with E-state index in [1.54, 1.807) is 6.92 Å². The highest BCUT2D eigenvalue weighted by Crippen LogP contribution is 2.11. The first-order valence-corrected chi connectivity index (χ1v) is 7.85. The zero-order valence-corrected chi connectivity index (χ0v) is 14.6. The lowest BCUT2D eigenvalue weighted by Gasteiger charge is -2.00. The molecule has 0 aliphatic rings. The molecule has 1 N–H and O–H groups in total. The molecule has 0 radical (unpaired) electrons. The van der Waals surface area contributed by atoms with Gasteiger partial charge in [0, 0.05) is 6.08 Å². The molecular weight excluding hydrogens is 272 g/mol. The average molecular weight is 302 g/mol. The molecule has 0 amide bonds. The first-order valence-electron chi connectivity index (χ1n) is 7.85. The highest BCUT2D eigenvalue weighted by Gasteiger charge is 1.92. The second kappa shape index (κ2) is 11.8. The summed E-state index contributed by atoms with van der Waals surface area (Å²) in [5.74, 6) is -0.906. The SMILES string of the molecule is CC(C)=CCC/C(C)=C/CCC(C)=C/C=C/C(C)=C/C(=O)O. The highest BCUT2D eigenvalue weighted by atomic mass is 16.4. The van der Waals surface area contributed by atoms with Gasteiger partial charge < -0.3 is 5.11 Å². The zero-order valence-electron chi connectivity index (χ0n) is 14.6. The van der Waals surface area contributed by atoms with Gasteiger partial charge in [-0.1, -0.05) is 47.1 Å². The summed E-state index contributed by atoms with van der Waals surface area (Å²) in [6.07, 6.45) is 15.9. The molecule has 0 aromatic heterocycles. The lowest BCUT2D eigenvalue weighted by Crippen LogP contribution is -1.87. The molecule has 0 saturated heterocycles. The predicted molar refractivity (Wildman–Crippen MR) is 95.9 cm³/mol. The minimum atomic E-state index is -0.906. The van der Waals surface area contributed by atoms with Crippen LogP contribution in [0, 0.1) is 0 Å². The van der Waals surface area contributed by atoms with E-state index in [4.69, 9.17) is 5.11 Å². The number of aliphatic carboxylic acids is 1. The zero-order chi connectivity index (χ0) is 17.0. The summed E-state index contributed by atoms with van der Waals surface area (Å²) < 4.78 is 0. The van der Waals surface area contributed by atoms with Crippen LogP contribution in [0.4, 0.5) is 0 Å². The minimum absolute atomic E-state index is 0.742. The van der Waals surface area contributed by atoms with Gasteiger partial charge in [-0.05, 0) is 65.9 Å². The monoisotopic (exact) mass is 302 g/mol. The number of carboxylic acid groups (broad SMARTS) is 1. The molecule has 0 heterocycles. The van der Waals surface area contributed by atoms with E-state index >= 15 is 0 Å². The van der Waals surface area contributed by atoms with Crippen LogP contribution in [0.5, 0.6) is 0 Å². The van der Waals surface area contributed by atoms with Gasteiger partial charge in [0.1, 0.15) is 0 Å². The Hall–Kier alpha value is -1.83. The van der Waals surface area contributed by atoms with Gasteiger partial charge in [0.05, 0.1) is 0 Å². The van der Waals surface area contributed by atoms with Crippen LogP contribution in [0.1, 0.15) is 60.3 Å². The van der Waals surface area contributed by atoms with Crippen LogP contribution in [-0.4, -0.2) is 11.1 Å². The summed E-state index contributed by atoms with van der Waals surface area (Å²) in [6.45, 7) is 10.3. The van der Waals surface area contributed by atoms with Crippen LogP contribution >= 0.6 is 0 Å². The van der Waals surface area contributed by atoms with E-state index in [1.165, 1.54) is 22.8 Å². The van der Waals surface area contributed by atoms with Crippen molar-refractivity contribution >= 4 is 5.97 Å². The number of rotatable bonds is 9. The maximum atomic E-state index is 10.5. The van der Waals surface area contributed by atoms with E-state index in [1.807, 2.05) is 18.2 Å². The summed E-state index contributed by atoms with van der Waals surface area (Å²) in [5, 5.41) is 8.62. The van der Waals surface area contributed by atoms with Crippen LogP contribution in [0.25, 0.3) is 0 Å². The van der Waals surface area contributed by atoms with Crippen molar-refractivity contribution in [2.45, 2.75) is 60.3 Å². The van der Waals surface area contributed by atoms with Gasteiger partial charge in [-0.2, -0.15) is 0 Å². The van der Waals surface area contributed by atoms with Crippen molar-refractivity contribution in [2.75, 3.05) is 0 Å². The molecule has 22 heavy (non-hydrogen) atoms. The fourth-order valence-electron chi connectivity index (χ4n) is 1.93. The number of allylic oxidation sites excluding steroid dienone is 9. The summed E-state index contributed by atoms with van der Waals surface area (Å²) in [5.41, 5.74) is 4.87. The summed E-state index contributed by atoms with van der Waals surface area (Å²) >= 11 is 0. The Morgan fingerprint density at radius 2 is 1.50 bits per heavy atom. The molecule has 0 rings (SSSR count). The van der Waals surface area contributed by atoms with Gasteiger partial charge >= 0.3 is 5.97 Å². The normalized spacial score (nSPS) is 13.6. The molecule has 0 aromatic carbocycles. The number of carbonyl (C=O) groups is 1. The Morgan fingerprint density at radius 3 is 2.09 bits per heavy atom. The predicted octanol–water partition coefficient (Wildman–Crippen LogP) is 5.99. The quantitative estimate of drug-likeness (QED) is 0.322. The van der Waals surface area contributed by atoms with E-state index in [-0.39, 0.29) is 0 Å². The molecule has 0 atom stereocenters. The van der Waals surface area contributed by atoms with E-state index in [0.717, 1.165) is 31.3 Å². The lowest BCUT2D eigenvalue weighted by atomic mass is 10.1. The number of hydrogen-bond donors (Lipinski definition) is 1. The molecule has 2 heteroatoms. The Labute approximate surface area is 135 Å². The largest absolute Gasteiger partial charge is 0.478 e. The molecule has 0 aromatic rings. The number of hydrogen-bond acceptors (Lipinski definition) is 1. The smallest absolute Gasteiger partial charge is 0.328 e. The van der Waals surface area contributed by atoms with Crippen molar-refractivity contribution in [3.63, 3.8) is 0 Å². The van der Waals surface area contributed by atoms with Gasteiger partial charge in [0.2, 0.25) is 0 Å². The maximum absolute atomic E-state index is 10.5. The van der Waals surface area contributed by atoms with Crippen molar-refractivity contribution in [3.8, 4) is 0 Å². The molecule has 0 spiro atoms. The Balaban J connectivity index is 4.19. The van der Waals surface area contributed by atoms with Crippen LogP contribution in [0.3, 0.4) is 0 Å². The second-order valence-electron chi connectivity index (χ2n) is 6.01. The summed E-state index contributed by atoms with van der Waals surface area (Å²) in [6, 6.07) is 0. The Morgan fingerprint density at radius 1 is 0.909 bits per heavy atom. The van der Waals surface area contributed by atoms with Crippen LogP contribution < -0.4 is 0 Å². The molecular formula is C20H30O2. The van der Waals surface area contributed by atoms with E-state index in [0.29, 0.717) is 0 Å². The Kier molecular flexibility index (Phi) is 10.8.